The molecular weight excluding hydrogens is 396 g/mol. The predicted molar refractivity (Wildman–Crippen MR) is 117 cm³/mol. The summed E-state index contributed by atoms with van der Waals surface area (Å²) in [4.78, 5) is 12.9. The topological polar surface area (TPSA) is 145 Å². The zero-order valence-electron chi connectivity index (χ0n) is 18.0. The Morgan fingerprint density at radius 3 is 2.74 bits per heavy atom. The smallest absolute Gasteiger partial charge is 0.222 e. The fraction of sp³-hybridized carbons (Fsp3) is 0.400. The van der Waals surface area contributed by atoms with E-state index in [0.29, 0.717) is 24.3 Å². The summed E-state index contributed by atoms with van der Waals surface area (Å²) in [5, 5.41) is 27.0. The van der Waals surface area contributed by atoms with Crippen LogP contribution >= 0.6 is 0 Å². The van der Waals surface area contributed by atoms with Gasteiger partial charge in [0.1, 0.15) is 5.69 Å². The summed E-state index contributed by atoms with van der Waals surface area (Å²) < 4.78 is 3.31. The molecule has 31 heavy (non-hydrogen) atoms. The SMILES string of the molecule is CC(C)Nc1cc(-n2ncc3cnc(N)nc32)ncc1-n1cc(CCC(C)(C)O)nn1. The molecule has 0 aliphatic carbocycles. The Balaban J connectivity index is 1.71. The number of nitrogens with two attached hydrogens (primary N) is 1. The number of aliphatic hydroxyl groups is 1. The number of hydrogen-bond acceptors (Lipinski definition) is 9. The molecule has 4 aromatic rings. The zero-order valence-corrected chi connectivity index (χ0v) is 18.0. The van der Waals surface area contributed by atoms with Crippen molar-refractivity contribution >= 4 is 22.7 Å². The fourth-order valence-electron chi connectivity index (χ4n) is 3.13. The molecule has 0 saturated carbocycles. The molecular formula is C20H26N10O. The van der Waals surface area contributed by atoms with Crippen LogP contribution in [0.25, 0.3) is 22.5 Å². The van der Waals surface area contributed by atoms with Gasteiger partial charge >= 0.3 is 0 Å². The Morgan fingerprint density at radius 1 is 1.19 bits per heavy atom. The lowest BCUT2D eigenvalue weighted by atomic mass is 10.0. The minimum absolute atomic E-state index is 0.174. The van der Waals surface area contributed by atoms with Crippen molar-refractivity contribution in [2.45, 2.75) is 52.2 Å². The molecule has 4 rings (SSSR count). The second-order valence-corrected chi connectivity index (χ2v) is 8.39. The van der Waals surface area contributed by atoms with Gasteiger partial charge in [-0.25, -0.2) is 14.6 Å². The molecule has 0 saturated heterocycles. The zero-order chi connectivity index (χ0) is 22.2. The van der Waals surface area contributed by atoms with Gasteiger partial charge in [-0.15, -0.1) is 5.10 Å². The number of hydrogen-bond donors (Lipinski definition) is 3. The number of nitrogens with zero attached hydrogens (tertiary/aromatic N) is 8. The molecule has 11 heteroatoms. The first-order chi connectivity index (χ1) is 14.7. The van der Waals surface area contributed by atoms with E-state index >= 15 is 0 Å². The summed E-state index contributed by atoms with van der Waals surface area (Å²) in [6.07, 6.45) is 8.09. The molecule has 0 amide bonds. The molecule has 0 spiro atoms. The predicted octanol–water partition coefficient (Wildman–Crippen LogP) is 1.90. The van der Waals surface area contributed by atoms with Crippen LogP contribution in [0.2, 0.25) is 0 Å². The van der Waals surface area contributed by atoms with Crippen molar-refractivity contribution in [1.82, 2.24) is 39.7 Å². The van der Waals surface area contributed by atoms with Crippen molar-refractivity contribution in [2.24, 2.45) is 0 Å². The number of rotatable bonds is 7. The van der Waals surface area contributed by atoms with Crippen LogP contribution in [0.5, 0.6) is 0 Å². The second kappa shape index (κ2) is 7.91. The lowest BCUT2D eigenvalue weighted by molar-refractivity contribution is 0.0711. The van der Waals surface area contributed by atoms with Crippen molar-refractivity contribution < 1.29 is 5.11 Å². The normalized spacial score (nSPS) is 12.1. The van der Waals surface area contributed by atoms with E-state index in [1.807, 2.05) is 12.3 Å². The Hall–Kier alpha value is -3.60. The molecule has 0 fully saturated rings. The van der Waals surface area contributed by atoms with Crippen LogP contribution in [0.4, 0.5) is 11.6 Å². The summed E-state index contributed by atoms with van der Waals surface area (Å²) >= 11 is 0. The van der Waals surface area contributed by atoms with Gasteiger partial charge in [0.2, 0.25) is 5.95 Å². The fourth-order valence-corrected chi connectivity index (χ4v) is 3.13. The van der Waals surface area contributed by atoms with Crippen molar-refractivity contribution in [3.63, 3.8) is 0 Å². The standard InChI is InChI=1S/C20H26N10O/c1-12(2)25-15-7-17(30-18-13(9-24-30)8-23-19(21)26-18)22-10-16(15)29-11-14(27-28-29)5-6-20(3,4)31/h7-12,31H,5-6H2,1-4H3,(H,22,25)(H2,21,23,26). The van der Waals surface area contributed by atoms with Gasteiger partial charge in [-0.2, -0.15) is 14.8 Å². The van der Waals surface area contributed by atoms with Crippen LogP contribution in [0.15, 0.2) is 30.9 Å². The van der Waals surface area contributed by atoms with E-state index in [4.69, 9.17) is 5.73 Å². The van der Waals surface area contributed by atoms with Crippen molar-refractivity contribution in [3.8, 4) is 11.5 Å². The van der Waals surface area contributed by atoms with E-state index in [-0.39, 0.29) is 12.0 Å². The maximum Gasteiger partial charge on any atom is 0.222 e. The van der Waals surface area contributed by atoms with Crippen LogP contribution < -0.4 is 11.1 Å². The number of aryl methyl sites for hydroxylation is 1. The molecule has 0 radical (unpaired) electrons. The third kappa shape index (κ3) is 4.61. The Labute approximate surface area is 179 Å². The lowest BCUT2D eigenvalue weighted by Gasteiger charge is -2.16. The van der Waals surface area contributed by atoms with E-state index in [2.05, 4.69) is 49.5 Å². The number of aromatic nitrogens is 8. The molecule has 0 atom stereocenters. The summed E-state index contributed by atoms with van der Waals surface area (Å²) in [6.45, 7) is 7.67. The first-order valence-electron chi connectivity index (χ1n) is 10.1. The van der Waals surface area contributed by atoms with E-state index in [1.165, 1.54) is 0 Å². The van der Waals surface area contributed by atoms with Gasteiger partial charge in [-0.1, -0.05) is 5.21 Å². The second-order valence-electron chi connectivity index (χ2n) is 8.39. The highest BCUT2D eigenvalue weighted by atomic mass is 16.3. The van der Waals surface area contributed by atoms with Gasteiger partial charge in [-0.05, 0) is 40.5 Å². The van der Waals surface area contributed by atoms with Crippen LogP contribution in [0.1, 0.15) is 39.8 Å². The molecule has 162 valence electrons. The Bertz CT molecular complexity index is 1200. The molecule has 0 aromatic carbocycles. The monoisotopic (exact) mass is 422 g/mol. The van der Waals surface area contributed by atoms with E-state index < -0.39 is 5.60 Å². The molecule has 11 nitrogen and oxygen atoms in total. The maximum atomic E-state index is 9.96. The lowest BCUT2D eigenvalue weighted by Crippen LogP contribution is -2.19. The van der Waals surface area contributed by atoms with Crippen molar-refractivity contribution in [2.75, 3.05) is 11.1 Å². The van der Waals surface area contributed by atoms with E-state index in [1.54, 1.807) is 41.8 Å². The number of fused-ring (bicyclic) bond motifs is 1. The minimum atomic E-state index is -0.753. The first kappa shape index (κ1) is 20.7. The average Bonchev–Trinajstić information content (AvgIpc) is 3.32. The van der Waals surface area contributed by atoms with Crippen LogP contribution in [0.3, 0.4) is 0 Å². The van der Waals surface area contributed by atoms with E-state index in [0.717, 1.165) is 22.5 Å². The third-order valence-corrected chi connectivity index (χ3v) is 4.64. The van der Waals surface area contributed by atoms with Gasteiger partial charge in [0.25, 0.3) is 0 Å². The van der Waals surface area contributed by atoms with Crippen LogP contribution in [0, 0.1) is 0 Å². The first-order valence-corrected chi connectivity index (χ1v) is 10.1. The highest BCUT2D eigenvalue weighted by molar-refractivity contribution is 5.76. The number of nitrogens with one attached hydrogen (secondary N) is 1. The summed E-state index contributed by atoms with van der Waals surface area (Å²) in [5.41, 5.74) is 7.95. The number of pyridine rings is 1. The van der Waals surface area contributed by atoms with E-state index in [9.17, 15) is 5.11 Å². The molecule has 0 bridgehead atoms. The molecule has 0 unspecified atom stereocenters. The summed E-state index contributed by atoms with van der Waals surface area (Å²) in [5.74, 6) is 0.759. The highest BCUT2D eigenvalue weighted by Gasteiger charge is 2.17. The van der Waals surface area contributed by atoms with Gasteiger partial charge in [0.05, 0.1) is 41.0 Å². The van der Waals surface area contributed by atoms with Crippen LogP contribution in [-0.2, 0) is 6.42 Å². The van der Waals surface area contributed by atoms with Gasteiger partial charge < -0.3 is 16.2 Å². The largest absolute Gasteiger partial charge is 0.390 e. The van der Waals surface area contributed by atoms with Crippen molar-refractivity contribution in [3.05, 3.63) is 36.5 Å². The minimum Gasteiger partial charge on any atom is -0.390 e. The molecule has 0 aliphatic rings. The van der Waals surface area contributed by atoms with Gasteiger partial charge in [0.15, 0.2) is 11.5 Å². The highest BCUT2D eigenvalue weighted by Crippen LogP contribution is 2.24. The maximum absolute atomic E-state index is 9.96. The number of nitrogen functional groups attached to an aromatic ring is 1. The molecule has 4 aromatic heterocycles. The summed E-state index contributed by atoms with van der Waals surface area (Å²) in [7, 11) is 0. The third-order valence-electron chi connectivity index (χ3n) is 4.64. The quantitative estimate of drug-likeness (QED) is 0.406. The molecule has 4 heterocycles. The molecule has 4 N–H and O–H groups in total. The number of anilines is 2. The Morgan fingerprint density at radius 2 is 2.00 bits per heavy atom. The van der Waals surface area contributed by atoms with Crippen LogP contribution in [-0.4, -0.2) is 56.5 Å². The van der Waals surface area contributed by atoms with Crippen molar-refractivity contribution in [1.29, 1.82) is 0 Å². The summed E-state index contributed by atoms with van der Waals surface area (Å²) in [6, 6.07) is 2.07. The molecule has 0 aliphatic heterocycles. The average molecular weight is 422 g/mol. The van der Waals surface area contributed by atoms with Gasteiger partial charge in [-0.3, -0.25) is 0 Å². The van der Waals surface area contributed by atoms with Gasteiger partial charge in [0, 0.05) is 18.3 Å². The Kier molecular flexibility index (Phi) is 5.27.